The highest BCUT2D eigenvalue weighted by atomic mass is 15.1. The van der Waals surface area contributed by atoms with Crippen molar-refractivity contribution in [2.75, 3.05) is 17.7 Å². The highest BCUT2D eigenvalue weighted by Gasteiger charge is 2.25. The monoisotopic (exact) mass is 276 g/mol. The van der Waals surface area contributed by atoms with Crippen LogP contribution in [0.4, 0.5) is 11.6 Å². The summed E-state index contributed by atoms with van der Waals surface area (Å²) >= 11 is 0. The van der Waals surface area contributed by atoms with Crippen LogP contribution in [0.25, 0.3) is 0 Å². The third-order valence-corrected chi connectivity index (χ3v) is 4.22. The van der Waals surface area contributed by atoms with Gasteiger partial charge in [0.25, 0.3) is 0 Å². The molecule has 1 aliphatic carbocycles. The van der Waals surface area contributed by atoms with E-state index in [4.69, 9.17) is 0 Å². The molecule has 2 unspecified atom stereocenters. The number of hydrogen-bond acceptors (Lipinski definition) is 4. The van der Waals surface area contributed by atoms with Gasteiger partial charge in [-0.2, -0.15) is 0 Å². The van der Waals surface area contributed by atoms with Crippen molar-refractivity contribution in [3.63, 3.8) is 0 Å². The van der Waals surface area contributed by atoms with E-state index in [0.717, 1.165) is 23.5 Å². The molecular formula is C16H28N4. The van der Waals surface area contributed by atoms with Crippen molar-refractivity contribution >= 4 is 11.6 Å². The van der Waals surface area contributed by atoms with E-state index in [9.17, 15) is 0 Å². The van der Waals surface area contributed by atoms with Crippen molar-refractivity contribution in [2.45, 2.75) is 58.9 Å². The van der Waals surface area contributed by atoms with Gasteiger partial charge >= 0.3 is 0 Å². The summed E-state index contributed by atoms with van der Waals surface area (Å²) in [5.74, 6) is 3.94. The van der Waals surface area contributed by atoms with E-state index >= 15 is 0 Å². The van der Waals surface area contributed by atoms with Crippen LogP contribution >= 0.6 is 0 Å². The predicted molar refractivity (Wildman–Crippen MR) is 85.3 cm³/mol. The first-order valence-corrected chi connectivity index (χ1v) is 7.80. The molecule has 20 heavy (non-hydrogen) atoms. The predicted octanol–water partition coefficient (Wildman–Crippen LogP) is 3.88. The molecule has 1 aromatic heterocycles. The van der Waals surface area contributed by atoms with Crippen LogP contribution in [0.3, 0.4) is 0 Å². The van der Waals surface area contributed by atoms with Crippen LogP contribution in [0.15, 0.2) is 6.33 Å². The minimum Gasteiger partial charge on any atom is -0.373 e. The molecule has 1 saturated carbocycles. The van der Waals surface area contributed by atoms with Crippen LogP contribution in [0, 0.1) is 11.8 Å². The Labute approximate surface area is 122 Å². The molecule has 0 amide bonds. The number of anilines is 2. The molecule has 112 valence electrons. The summed E-state index contributed by atoms with van der Waals surface area (Å²) in [6.45, 7) is 9.09. The fraction of sp³-hybridized carbons (Fsp3) is 0.750. The zero-order valence-electron chi connectivity index (χ0n) is 13.4. The van der Waals surface area contributed by atoms with Crippen LogP contribution in [0.5, 0.6) is 0 Å². The second kappa shape index (κ2) is 6.42. The van der Waals surface area contributed by atoms with Crippen molar-refractivity contribution < 1.29 is 0 Å². The molecule has 4 heteroatoms. The van der Waals surface area contributed by atoms with Gasteiger partial charge in [-0.05, 0) is 37.0 Å². The summed E-state index contributed by atoms with van der Waals surface area (Å²) in [7, 11) is 1.92. The fourth-order valence-electron chi connectivity index (χ4n) is 3.51. The maximum Gasteiger partial charge on any atom is 0.135 e. The summed E-state index contributed by atoms with van der Waals surface area (Å²) in [6.07, 6.45) is 5.47. The molecule has 0 bridgehead atoms. The van der Waals surface area contributed by atoms with Gasteiger partial charge in [0.1, 0.15) is 18.0 Å². The van der Waals surface area contributed by atoms with Crippen molar-refractivity contribution in [3.8, 4) is 0 Å². The van der Waals surface area contributed by atoms with E-state index in [1.54, 1.807) is 6.33 Å². The highest BCUT2D eigenvalue weighted by Crippen LogP contribution is 2.33. The van der Waals surface area contributed by atoms with Crippen LogP contribution in [0.1, 0.15) is 58.4 Å². The lowest BCUT2D eigenvalue weighted by atomic mass is 9.80. The third-order valence-electron chi connectivity index (χ3n) is 4.22. The maximum absolute atomic E-state index is 4.49. The normalized spacial score (nSPS) is 26.6. The first kappa shape index (κ1) is 15.1. The summed E-state index contributed by atoms with van der Waals surface area (Å²) in [6, 6.07) is 0.533. The van der Waals surface area contributed by atoms with E-state index in [-0.39, 0.29) is 0 Å². The molecule has 2 atom stereocenters. The van der Waals surface area contributed by atoms with Gasteiger partial charge in [0.05, 0.1) is 0 Å². The quantitative estimate of drug-likeness (QED) is 0.876. The van der Waals surface area contributed by atoms with Gasteiger partial charge in [-0.15, -0.1) is 0 Å². The van der Waals surface area contributed by atoms with Crippen molar-refractivity contribution in [2.24, 2.45) is 11.8 Å². The average Bonchev–Trinajstić information content (AvgIpc) is 2.36. The average molecular weight is 276 g/mol. The topological polar surface area (TPSA) is 49.8 Å². The molecule has 0 saturated heterocycles. The molecule has 0 aliphatic heterocycles. The number of hydrogen-bond donors (Lipinski definition) is 2. The Bertz CT molecular complexity index is 434. The Morgan fingerprint density at radius 3 is 2.20 bits per heavy atom. The second-order valence-electron chi connectivity index (χ2n) is 6.65. The van der Waals surface area contributed by atoms with E-state index < -0.39 is 0 Å². The first-order valence-electron chi connectivity index (χ1n) is 7.80. The van der Waals surface area contributed by atoms with Gasteiger partial charge in [-0.3, -0.25) is 0 Å². The van der Waals surface area contributed by atoms with Crippen LogP contribution in [0.2, 0.25) is 0 Å². The molecule has 0 aromatic carbocycles. The lowest BCUT2D eigenvalue weighted by Crippen LogP contribution is -2.31. The molecule has 2 N–H and O–H groups in total. The van der Waals surface area contributed by atoms with Crippen molar-refractivity contribution in [3.05, 3.63) is 11.9 Å². The van der Waals surface area contributed by atoms with Crippen molar-refractivity contribution in [1.29, 1.82) is 0 Å². The van der Waals surface area contributed by atoms with Gasteiger partial charge in [0, 0.05) is 18.7 Å². The Hall–Kier alpha value is -1.32. The molecule has 1 aromatic rings. The fourth-order valence-corrected chi connectivity index (χ4v) is 3.51. The minimum absolute atomic E-state index is 0.402. The third kappa shape index (κ3) is 3.41. The van der Waals surface area contributed by atoms with Gasteiger partial charge in [0.2, 0.25) is 0 Å². The lowest BCUT2D eigenvalue weighted by Gasteiger charge is -2.33. The zero-order valence-corrected chi connectivity index (χ0v) is 13.4. The Balaban J connectivity index is 2.20. The number of nitrogens with one attached hydrogen (secondary N) is 2. The van der Waals surface area contributed by atoms with Crippen LogP contribution < -0.4 is 10.6 Å². The smallest absolute Gasteiger partial charge is 0.135 e. The van der Waals surface area contributed by atoms with Crippen LogP contribution in [-0.4, -0.2) is 23.1 Å². The second-order valence-corrected chi connectivity index (χ2v) is 6.65. The van der Waals surface area contributed by atoms with Gasteiger partial charge in [0.15, 0.2) is 0 Å². The molecule has 1 aliphatic rings. The number of rotatable bonds is 4. The molecular weight excluding hydrogens is 248 g/mol. The molecule has 4 nitrogen and oxygen atoms in total. The number of nitrogens with zero attached hydrogens (tertiary/aromatic N) is 2. The molecule has 2 rings (SSSR count). The van der Waals surface area contributed by atoms with E-state index in [0.29, 0.717) is 12.0 Å². The summed E-state index contributed by atoms with van der Waals surface area (Å²) in [5.41, 5.74) is 1.20. The maximum atomic E-state index is 4.49. The Morgan fingerprint density at radius 1 is 1.05 bits per heavy atom. The Kier molecular flexibility index (Phi) is 4.84. The Morgan fingerprint density at radius 2 is 1.65 bits per heavy atom. The standard InChI is InChI=1S/C16H28N4/c1-10(2)14-15(17-5)18-9-19-16(14)20-13-7-11(3)6-12(4)8-13/h9-13H,6-8H2,1-5H3,(H2,17,18,19,20). The van der Waals surface area contributed by atoms with Gasteiger partial charge in [-0.25, -0.2) is 9.97 Å². The van der Waals surface area contributed by atoms with E-state index in [2.05, 4.69) is 48.3 Å². The summed E-state index contributed by atoms with van der Waals surface area (Å²) in [4.78, 5) is 8.83. The van der Waals surface area contributed by atoms with E-state index in [1.165, 1.54) is 24.8 Å². The van der Waals surface area contributed by atoms with Gasteiger partial charge in [-0.1, -0.05) is 27.7 Å². The van der Waals surface area contributed by atoms with Crippen molar-refractivity contribution in [1.82, 2.24) is 9.97 Å². The molecule has 1 fully saturated rings. The highest BCUT2D eigenvalue weighted by molar-refractivity contribution is 5.59. The van der Waals surface area contributed by atoms with Crippen LogP contribution in [-0.2, 0) is 0 Å². The van der Waals surface area contributed by atoms with E-state index in [1.807, 2.05) is 7.05 Å². The molecule has 1 heterocycles. The summed E-state index contributed by atoms with van der Waals surface area (Å²) < 4.78 is 0. The van der Waals surface area contributed by atoms with Gasteiger partial charge < -0.3 is 10.6 Å². The largest absolute Gasteiger partial charge is 0.373 e. The lowest BCUT2D eigenvalue weighted by molar-refractivity contribution is 0.280. The zero-order chi connectivity index (χ0) is 14.7. The molecule has 0 radical (unpaired) electrons. The SMILES string of the molecule is CNc1ncnc(NC2CC(C)CC(C)C2)c1C(C)C. The first-order chi connectivity index (χ1) is 9.51. The minimum atomic E-state index is 0.402. The summed E-state index contributed by atoms with van der Waals surface area (Å²) in [5, 5.41) is 6.86. The molecule has 0 spiro atoms. The number of aromatic nitrogens is 2.